The molecule has 3 rings (SSSR count). The van der Waals surface area contributed by atoms with Crippen LogP contribution in [0.5, 0.6) is 11.6 Å². The maximum Gasteiger partial charge on any atom is 0.225 e. The minimum Gasteiger partial charge on any atom is -0.438 e. The zero-order valence-electron chi connectivity index (χ0n) is 10.4. The SMILES string of the molecule is CNc1nccc(Oc2cccc3ncccc23)n1. The van der Waals surface area contributed by atoms with E-state index in [0.29, 0.717) is 11.8 Å². The molecule has 2 heterocycles. The van der Waals surface area contributed by atoms with E-state index in [1.807, 2.05) is 30.3 Å². The van der Waals surface area contributed by atoms with Gasteiger partial charge in [-0.15, -0.1) is 0 Å². The highest BCUT2D eigenvalue weighted by atomic mass is 16.5. The number of hydrogen-bond donors (Lipinski definition) is 1. The number of nitrogens with one attached hydrogen (secondary N) is 1. The quantitative estimate of drug-likeness (QED) is 0.776. The molecule has 0 amide bonds. The second kappa shape index (κ2) is 4.89. The van der Waals surface area contributed by atoms with Crippen molar-refractivity contribution in [2.45, 2.75) is 0 Å². The fourth-order valence-corrected chi connectivity index (χ4v) is 1.80. The standard InChI is InChI=1S/C14H12N4O/c1-15-14-17-9-7-13(18-14)19-12-6-2-5-11-10(12)4-3-8-16-11/h2-9H,1H3,(H,15,17,18). The minimum absolute atomic E-state index is 0.496. The first-order chi connectivity index (χ1) is 9.36. The van der Waals surface area contributed by atoms with Crippen LogP contribution >= 0.6 is 0 Å². The van der Waals surface area contributed by atoms with Crippen molar-refractivity contribution >= 4 is 16.9 Å². The zero-order valence-corrected chi connectivity index (χ0v) is 10.4. The maximum absolute atomic E-state index is 5.80. The maximum atomic E-state index is 5.80. The molecule has 0 spiro atoms. The van der Waals surface area contributed by atoms with E-state index in [1.54, 1.807) is 25.5 Å². The summed E-state index contributed by atoms with van der Waals surface area (Å²) in [5.74, 6) is 1.75. The van der Waals surface area contributed by atoms with Gasteiger partial charge in [0.05, 0.1) is 5.52 Å². The highest BCUT2D eigenvalue weighted by Gasteiger charge is 2.05. The van der Waals surface area contributed by atoms with Crippen molar-refractivity contribution in [1.29, 1.82) is 0 Å². The second-order valence-electron chi connectivity index (χ2n) is 3.90. The van der Waals surface area contributed by atoms with Crippen LogP contribution < -0.4 is 10.1 Å². The zero-order chi connectivity index (χ0) is 13.1. The van der Waals surface area contributed by atoms with Gasteiger partial charge in [0.15, 0.2) is 0 Å². The third-order valence-electron chi connectivity index (χ3n) is 2.67. The van der Waals surface area contributed by atoms with E-state index in [9.17, 15) is 0 Å². The molecule has 2 aromatic heterocycles. The lowest BCUT2D eigenvalue weighted by atomic mass is 10.2. The van der Waals surface area contributed by atoms with Crippen LogP contribution in [0.3, 0.4) is 0 Å². The molecule has 1 N–H and O–H groups in total. The van der Waals surface area contributed by atoms with Gasteiger partial charge in [-0.1, -0.05) is 6.07 Å². The van der Waals surface area contributed by atoms with Gasteiger partial charge in [0.25, 0.3) is 0 Å². The third-order valence-corrected chi connectivity index (χ3v) is 2.67. The largest absolute Gasteiger partial charge is 0.438 e. The van der Waals surface area contributed by atoms with Crippen molar-refractivity contribution in [2.24, 2.45) is 0 Å². The third kappa shape index (κ3) is 2.30. The molecule has 0 aliphatic carbocycles. The van der Waals surface area contributed by atoms with Crippen LogP contribution in [0.1, 0.15) is 0 Å². The molecule has 3 aromatic rings. The highest BCUT2D eigenvalue weighted by molar-refractivity contribution is 5.85. The number of anilines is 1. The number of benzene rings is 1. The summed E-state index contributed by atoms with van der Waals surface area (Å²) < 4.78 is 5.80. The van der Waals surface area contributed by atoms with Crippen molar-refractivity contribution in [3.63, 3.8) is 0 Å². The number of aromatic nitrogens is 3. The first-order valence-corrected chi connectivity index (χ1v) is 5.89. The topological polar surface area (TPSA) is 59.9 Å². The first kappa shape index (κ1) is 11.4. The number of hydrogen-bond acceptors (Lipinski definition) is 5. The fourth-order valence-electron chi connectivity index (χ4n) is 1.80. The Labute approximate surface area is 110 Å². The van der Waals surface area contributed by atoms with Gasteiger partial charge in [0.1, 0.15) is 5.75 Å². The highest BCUT2D eigenvalue weighted by Crippen LogP contribution is 2.27. The van der Waals surface area contributed by atoms with E-state index in [0.717, 1.165) is 16.7 Å². The Morgan fingerprint density at radius 1 is 1.00 bits per heavy atom. The molecule has 0 atom stereocenters. The van der Waals surface area contributed by atoms with Gasteiger partial charge in [-0.3, -0.25) is 4.98 Å². The van der Waals surface area contributed by atoms with Crippen molar-refractivity contribution in [3.05, 3.63) is 48.8 Å². The molecular weight excluding hydrogens is 240 g/mol. The van der Waals surface area contributed by atoms with Gasteiger partial charge in [-0.25, -0.2) is 4.98 Å². The molecule has 0 radical (unpaired) electrons. The lowest BCUT2D eigenvalue weighted by Gasteiger charge is -2.08. The molecular formula is C14H12N4O. The Bertz CT molecular complexity index is 709. The molecule has 0 saturated carbocycles. The predicted octanol–water partition coefficient (Wildman–Crippen LogP) is 2.86. The fraction of sp³-hybridized carbons (Fsp3) is 0.0714. The number of rotatable bonds is 3. The smallest absolute Gasteiger partial charge is 0.225 e. The predicted molar refractivity (Wildman–Crippen MR) is 73.4 cm³/mol. The lowest BCUT2D eigenvalue weighted by molar-refractivity contribution is 0.467. The van der Waals surface area contributed by atoms with Crippen LogP contribution in [0, 0.1) is 0 Å². The molecule has 94 valence electrons. The van der Waals surface area contributed by atoms with Crippen LogP contribution in [0.25, 0.3) is 10.9 Å². The average Bonchev–Trinajstić information content (AvgIpc) is 2.48. The lowest BCUT2D eigenvalue weighted by Crippen LogP contribution is -1.97. The number of fused-ring (bicyclic) bond motifs is 1. The van der Waals surface area contributed by atoms with Crippen molar-refractivity contribution < 1.29 is 4.74 Å². The van der Waals surface area contributed by atoms with Gasteiger partial charge < -0.3 is 10.1 Å². The van der Waals surface area contributed by atoms with E-state index >= 15 is 0 Å². The summed E-state index contributed by atoms with van der Waals surface area (Å²) >= 11 is 0. The van der Waals surface area contributed by atoms with Crippen molar-refractivity contribution in [2.75, 3.05) is 12.4 Å². The molecule has 0 saturated heterocycles. The summed E-state index contributed by atoms with van der Waals surface area (Å²) in [6.45, 7) is 0. The summed E-state index contributed by atoms with van der Waals surface area (Å²) in [4.78, 5) is 12.6. The molecule has 5 heteroatoms. The van der Waals surface area contributed by atoms with Gasteiger partial charge in [-0.05, 0) is 24.3 Å². The van der Waals surface area contributed by atoms with E-state index in [-0.39, 0.29) is 0 Å². The Hall–Kier alpha value is -2.69. The summed E-state index contributed by atoms with van der Waals surface area (Å²) in [6.07, 6.45) is 3.41. The molecule has 0 aliphatic heterocycles. The van der Waals surface area contributed by atoms with Crippen molar-refractivity contribution in [1.82, 2.24) is 15.0 Å². The van der Waals surface area contributed by atoms with E-state index in [4.69, 9.17) is 4.74 Å². The van der Waals surface area contributed by atoms with Crippen LogP contribution in [0.15, 0.2) is 48.8 Å². The van der Waals surface area contributed by atoms with Gasteiger partial charge in [-0.2, -0.15) is 4.98 Å². The van der Waals surface area contributed by atoms with Gasteiger partial charge in [0, 0.05) is 30.9 Å². The van der Waals surface area contributed by atoms with E-state index in [2.05, 4.69) is 20.3 Å². The summed E-state index contributed by atoms with van der Waals surface area (Å²) in [5.41, 5.74) is 0.892. The summed E-state index contributed by atoms with van der Waals surface area (Å²) in [5, 5.41) is 3.83. The molecule has 19 heavy (non-hydrogen) atoms. The second-order valence-corrected chi connectivity index (χ2v) is 3.90. The average molecular weight is 252 g/mol. The van der Waals surface area contributed by atoms with Gasteiger partial charge >= 0.3 is 0 Å². The molecule has 0 bridgehead atoms. The Morgan fingerprint density at radius 2 is 1.95 bits per heavy atom. The van der Waals surface area contributed by atoms with Crippen LogP contribution in [0.4, 0.5) is 5.95 Å². The van der Waals surface area contributed by atoms with E-state index < -0.39 is 0 Å². The van der Waals surface area contributed by atoms with Gasteiger partial charge in [0.2, 0.25) is 11.8 Å². The molecule has 0 fully saturated rings. The van der Waals surface area contributed by atoms with Crippen LogP contribution in [-0.2, 0) is 0 Å². The summed E-state index contributed by atoms with van der Waals surface area (Å²) in [7, 11) is 1.76. The molecule has 1 aromatic carbocycles. The Kier molecular flexibility index (Phi) is 2.94. The normalized spacial score (nSPS) is 10.4. The molecule has 5 nitrogen and oxygen atoms in total. The number of pyridine rings is 1. The Morgan fingerprint density at radius 3 is 2.84 bits per heavy atom. The molecule has 0 unspecified atom stereocenters. The number of nitrogens with zero attached hydrogens (tertiary/aromatic N) is 3. The monoisotopic (exact) mass is 252 g/mol. The van der Waals surface area contributed by atoms with Crippen LogP contribution in [0.2, 0.25) is 0 Å². The Balaban J connectivity index is 2.01. The first-order valence-electron chi connectivity index (χ1n) is 5.89. The summed E-state index contributed by atoms with van der Waals surface area (Å²) in [6, 6.07) is 11.3. The molecule has 0 aliphatic rings. The minimum atomic E-state index is 0.496. The number of ether oxygens (including phenoxy) is 1. The van der Waals surface area contributed by atoms with Crippen LogP contribution in [-0.4, -0.2) is 22.0 Å². The van der Waals surface area contributed by atoms with Crippen molar-refractivity contribution in [3.8, 4) is 11.6 Å². The van der Waals surface area contributed by atoms with E-state index in [1.165, 1.54) is 0 Å².